The molecule has 0 spiro atoms. The number of pyridine rings is 1. The summed E-state index contributed by atoms with van der Waals surface area (Å²) in [5.74, 6) is -0.565. The Balaban J connectivity index is 2.15. The van der Waals surface area contributed by atoms with Gasteiger partial charge < -0.3 is 15.5 Å². The summed E-state index contributed by atoms with van der Waals surface area (Å²) in [6.07, 6.45) is 5.60. The van der Waals surface area contributed by atoms with Gasteiger partial charge in [0.15, 0.2) is 0 Å². The molecule has 0 saturated heterocycles. The smallest absolute Gasteiger partial charge is 0.253 e. The van der Waals surface area contributed by atoms with Gasteiger partial charge in [0.2, 0.25) is 5.91 Å². The molecule has 20 heavy (non-hydrogen) atoms. The molecule has 2 heterocycles. The first kappa shape index (κ1) is 14.0. The number of nitrogens with zero attached hydrogens (tertiary/aromatic N) is 2. The lowest BCUT2D eigenvalue weighted by atomic mass is 10.0. The molecule has 2 amide bonds. The molecule has 0 aliphatic rings. The predicted molar refractivity (Wildman–Crippen MR) is 75.1 cm³/mol. The van der Waals surface area contributed by atoms with Crippen LogP contribution in [-0.4, -0.2) is 27.2 Å². The Labute approximate surface area is 117 Å². The fraction of sp³-hybridized carbons (Fsp3) is 0.357. The number of carbonyl (C=O) groups is 2. The quantitative estimate of drug-likeness (QED) is 0.851. The Morgan fingerprint density at radius 2 is 2.15 bits per heavy atom. The van der Waals surface area contributed by atoms with Gasteiger partial charge in [-0.25, -0.2) is 4.98 Å². The second kappa shape index (κ2) is 5.73. The van der Waals surface area contributed by atoms with E-state index in [1.54, 1.807) is 35.1 Å². The van der Waals surface area contributed by atoms with E-state index in [1.165, 1.54) is 0 Å². The number of rotatable bonds is 5. The molecule has 6 heteroatoms. The second-order valence-corrected chi connectivity index (χ2v) is 5.17. The highest BCUT2D eigenvalue weighted by atomic mass is 16.2. The van der Waals surface area contributed by atoms with E-state index in [1.807, 2.05) is 13.8 Å². The molecule has 0 saturated carbocycles. The average molecular weight is 274 g/mol. The third kappa shape index (κ3) is 3.14. The first-order valence-electron chi connectivity index (χ1n) is 6.50. The van der Waals surface area contributed by atoms with Crippen molar-refractivity contribution >= 4 is 17.5 Å². The number of nitrogens with two attached hydrogens (primary N) is 1. The van der Waals surface area contributed by atoms with E-state index >= 15 is 0 Å². The lowest BCUT2D eigenvalue weighted by molar-refractivity contribution is -0.120. The minimum atomic E-state index is -0.652. The summed E-state index contributed by atoms with van der Waals surface area (Å²) >= 11 is 0. The number of aromatic nitrogens is 2. The van der Waals surface area contributed by atoms with Crippen LogP contribution in [0.4, 0.5) is 0 Å². The van der Waals surface area contributed by atoms with Crippen LogP contribution < -0.4 is 11.1 Å². The van der Waals surface area contributed by atoms with E-state index < -0.39 is 11.9 Å². The van der Waals surface area contributed by atoms with Crippen LogP contribution in [0, 0.1) is 5.92 Å². The maximum atomic E-state index is 12.2. The van der Waals surface area contributed by atoms with E-state index in [0.717, 1.165) is 5.65 Å². The van der Waals surface area contributed by atoms with Crippen molar-refractivity contribution in [3.05, 3.63) is 36.3 Å². The summed E-state index contributed by atoms with van der Waals surface area (Å²) in [4.78, 5) is 27.6. The second-order valence-electron chi connectivity index (χ2n) is 5.17. The van der Waals surface area contributed by atoms with Gasteiger partial charge in [0.05, 0.1) is 5.56 Å². The highest BCUT2D eigenvalue weighted by Crippen LogP contribution is 2.08. The number of imidazole rings is 1. The zero-order chi connectivity index (χ0) is 14.7. The van der Waals surface area contributed by atoms with Gasteiger partial charge in [-0.1, -0.05) is 13.8 Å². The molecule has 106 valence electrons. The van der Waals surface area contributed by atoms with Gasteiger partial charge in [-0.3, -0.25) is 9.59 Å². The van der Waals surface area contributed by atoms with Crippen LogP contribution >= 0.6 is 0 Å². The molecule has 0 aliphatic carbocycles. The molecule has 2 aromatic heterocycles. The molecule has 0 aromatic carbocycles. The first-order valence-corrected chi connectivity index (χ1v) is 6.50. The number of hydrogen-bond donors (Lipinski definition) is 2. The fourth-order valence-electron chi connectivity index (χ4n) is 2.01. The molecule has 0 fully saturated rings. The molecular formula is C14H18N4O2. The van der Waals surface area contributed by atoms with Crippen molar-refractivity contribution in [1.29, 1.82) is 0 Å². The van der Waals surface area contributed by atoms with Crippen LogP contribution in [0.3, 0.4) is 0 Å². The number of primary amides is 1. The predicted octanol–water partition coefficient (Wildman–Crippen LogP) is 0.964. The van der Waals surface area contributed by atoms with Crippen LogP contribution in [-0.2, 0) is 4.79 Å². The van der Waals surface area contributed by atoms with Crippen molar-refractivity contribution in [2.75, 3.05) is 0 Å². The summed E-state index contributed by atoms with van der Waals surface area (Å²) in [5, 5.41) is 2.67. The number of nitrogens with one attached hydrogen (secondary N) is 1. The van der Waals surface area contributed by atoms with E-state index in [9.17, 15) is 9.59 Å². The van der Waals surface area contributed by atoms with Crippen LogP contribution in [0.25, 0.3) is 5.65 Å². The molecular weight excluding hydrogens is 256 g/mol. The van der Waals surface area contributed by atoms with Gasteiger partial charge in [0.1, 0.15) is 11.7 Å². The van der Waals surface area contributed by atoms with E-state index in [-0.39, 0.29) is 11.8 Å². The Bertz CT molecular complexity index is 633. The highest BCUT2D eigenvalue weighted by molar-refractivity contribution is 5.97. The highest BCUT2D eigenvalue weighted by Gasteiger charge is 2.20. The van der Waals surface area contributed by atoms with E-state index in [2.05, 4.69) is 10.3 Å². The molecule has 0 unspecified atom stereocenters. The maximum Gasteiger partial charge on any atom is 0.253 e. The topological polar surface area (TPSA) is 89.5 Å². The van der Waals surface area contributed by atoms with E-state index in [0.29, 0.717) is 12.0 Å². The first-order chi connectivity index (χ1) is 9.47. The fourth-order valence-corrected chi connectivity index (χ4v) is 2.01. The lowest BCUT2D eigenvalue weighted by Gasteiger charge is -2.17. The molecule has 3 N–H and O–H groups in total. The third-order valence-corrected chi connectivity index (χ3v) is 3.01. The van der Waals surface area contributed by atoms with Gasteiger partial charge in [0.25, 0.3) is 5.91 Å². The van der Waals surface area contributed by atoms with Crippen LogP contribution in [0.2, 0.25) is 0 Å². The molecule has 0 aliphatic heterocycles. The summed E-state index contributed by atoms with van der Waals surface area (Å²) in [6, 6.07) is 2.77. The normalized spacial score (nSPS) is 12.6. The molecule has 2 rings (SSSR count). The van der Waals surface area contributed by atoms with E-state index in [4.69, 9.17) is 5.73 Å². The van der Waals surface area contributed by atoms with Crippen LogP contribution in [0.5, 0.6) is 0 Å². The Kier molecular flexibility index (Phi) is 4.02. The zero-order valence-electron chi connectivity index (χ0n) is 11.5. The van der Waals surface area contributed by atoms with Crippen molar-refractivity contribution in [3.8, 4) is 0 Å². The summed E-state index contributed by atoms with van der Waals surface area (Å²) in [5.41, 5.74) is 6.54. The van der Waals surface area contributed by atoms with Gasteiger partial charge in [-0.2, -0.15) is 0 Å². The van der Waals surface area contributed by atoms with Crippen molar-refractivity contribution in [2.45, 2.75) is 26.3 Å². The summed E-state index contributed by atoms with van der Waals surface area (Å²) < 4.78 is 1.75. The number of carbonyl (C=O) groups excluding carboxylic acids is 2. The lowest BCUT2D eigenvalue weighted by Crippen LogP contribution is -2.45. The third-order valence-electron chi connectivity index (χ3n) is 3.01. The van der Waals surface area contributed by atoms with Crippen molar-refractivity contribution in [3.63, 3.8) is 0 Å². The number of amides is 2. The van der Waals surface area contributed by atoms with Gasteiger partial charge in [-0.15, -0.1) is 0 Å². The minimum absolute atomic E-state index is 0.268. The van der Waals surface area contributed by atoms with Gasteiger partial charge >= 0.3 is 0 Å². The van der Waals surface area contributed by atoms with Crippen molar-refractivity contribution < 1.29 is 9.59 Å². The summed E-state index contributed by atoms with van der Waals surface area (Å²) in [7, 11) is 0. The summed E-state index contributed by atoms with van der Waals surface area (Å²) in [6.45, 7) is 3.94. The Hall–Kier alpha value is -2.37. The zero-order valence-corrected chi connectivity index (χ0v) is 11.5. The van der Waals surface area contributed by atoms with Gasteiger partial charge in [0, 0.05) is 18.6 Å². The molecule has 0 radical (unpaired) electrons. The van der Waals surface area contributed by atoms with Crippen LogP contribution in [0.15, 0.2) is 30.7 Å². The Morgan fingerprint density at radius 1 is 1.40 bits per heavy atom. The van der Waals surface area contributed by atoms with Gasteiger partial charge in [-0.05, 0) is 24.5 Å². The molecule has 2 aromatic rings. The number of fused-ring (bicyclic) bond motifs is 1. The largest absolute Gasteiger partial charge is 0.368 e. The monoisotopic (exact) mass is 274 g/mol. The maximum absolute atomic E-state index is 12.2. The van der Waals surface area contributed by atoms with Crippen molar-refractivity contribution in [1.82, 2.24) is 14.7 Å². The SMILES string of the molecule is CC(C)C[C@H](NC(=O)c1ccc2nccn2c1)C(N)=O. The number of hydrogen-bond acceptors (Lipinski definition) is 3. The molecule has 1 atom stereocenters. The van der Waals surface area contributed by atoms with Crippen molar-refractivity contribution in [2.24, 2.45) is 11.7 Å². The van der Waals surface area contributed by atoms with Crippen LogP contribution in [0.1, 0.15) is 30.6 Å². The standard InChI is InChI=1S/C14H18N4O2/c1-9(2)7-11(13(15)19)17-14(20)10-3-4-12-16-5-6-18(12)8-10/h3-6,8-9,11H,7H2,1-2H3,(H2,15,19)(H,17,20)/t11-/m0/s1. The molecule has 0 bridgehead atoms. The minimum Gasteiger partial charge on any atom is -0.368 e. The average Bonchev–Trinajstić information content (AvgIpc) is 2.84. The Morgan fingerprint density at radius 3 is 2.80 bits per heavy atom. The molecule has 6 nitrogen and oxygen atoms in total.